The number of aliphatic hydroxyl groups is 1. The zero-order valence-electron chi connectivity index (χ0n) is 18.7. The van der Waals surface area contributed by atoms with Crippen molar-refractivity contribution in [3.8, 4) is 17.2 Å². The second-order valence-corrected chi connectivity index (χ2v) is 9.50. The van der Waals surface area contributed by atoms with Crippen LogP contribution in [0.3, 0.4) is 0 Å². The van der Waals surface area contributed by atoms with Gasteiger partial charge in [-0.15, -0.1) is 5.10 Å². The molecule has 7 nitrogen and oxygen atoms in total. The molecular weight excluding hydrogens is 438 g/mol. The Kier molecular flexibility index (Phi) is 4.44. The molecule has 3 aromatic heterocycles. The van der Waals surface area contributed by atoms with Crippen LogP contribution in [-0.4, -0.2) is 35.1 Å². The molecule has 34 heavy (non-hydrogen) atoms. The zero-order valence-corrected chi connectivity index (χ0v) is 18.7. The van der Waals surface area contributed by atoms with Crippen molar-refractivity contribution in [2.45, 2.75) is 44.6 Å². The Morgan fingerprint density at radius 1 is 1.12 bits per heavy atom. The number of hydrogen-bond donors (Lipinski definition) is 1. The van der Waals surface area contributed by atoms with Gasteiger partial charge in [-0.25, -0.2) is 23.4 Å². The fourth-order valence-corrected chi connectivity index (χ4v) is 6.01. The average molecular weight is 460 g/mol. The van der Waals surface area contributed by atoms with E-state index in [1.54, 1.807) is 24.5 Å². The lowest BCUT2D eigenvalue weighted by Crippen LogP contribution is -2.38. The summed E-state index contributed by atoms with van der Waals surface area (Å²) >= 11 is 0. The maximum absolute atomic E-state index is 14.5. The first-order chi connectivity index (χ1) is 16.4. The van der Waals surface area contributed by atoms with Crippen molar-refractivity contribution >= 4 is 0 Å². The third-order valence-corrected chi connectivity index (χ3v) is 7.69. The second-order valence-electron chi connectivity index (χ2n) is 9.50. The first kappa shape index (κ1) is 21.0. The van der Waals surface area contributed by atoms with Gasteiger partial charge in [0.25, 0.3) is 5.95 Å². The van der Waals surface area contributed by atoms with Crippen LogP contribution in [0.5, 0.6) is 0 Å². The highest BCUT2D eigenvalue weighted by Crippen LogP contribution is 2.69. The van der Waals surface area contributed by atoms with Gasteiger partial charge in [0.1, 0.15) is 11.6 Å². The standard InChI is InChI=1S/C25H22F2N6O/c1-24(2)16-6-9-25(24,20-7-10-28-23(29-20)33-11-8-14(13-34)32-33)22-15(16)12-19(30-31-22)21-17(26)4-3-5-18(21)27/h3-5,7-8,10-12,16,34H,6,9,13H2,1-2H3/t16-,25+/m0/s1. The topological polar surface area (TPSA) is 89.6 Å². The van der Waals surface area contributed by atoms with Gasteiger partial charge in [-0.1, -0.05) is 19.9 Å². The molecule has 0 saturated heterocycles. The minimum absolute atomic E-state index is 0.149. The Morgan fingerprint density at radius 3 is 2.65 bits per heavy atom. The molecule has 3 heterocycles. The van der Waals surface area contributed by atoms with Crippen LogP contribution in [0.15, 0.2) is 48.8 Å². The number of hydrogen-bond acceptors (Lipinski definition) is 6. The van der Waals surface area contributed by atoms with Gasteiger partial charge in [0.2, 0.25) is 0 Å². The van der Waals surface area contributed by atoms with Crippen molar-refractivity contribution in [3.05, 3.63) is 83.1 Å². The van der Waals surface area contributed by atoms with Gasteiger partial charge in [0.15, 0.2) is 0 Å². The summed E-state index contributed by atoms with van der Waals surface area (Å²) in [7, 11) is 0. The largest absolute Gasteiger partial charge is 0.390 e. The molecule has 2 aliphatic rings. The number of halogens is 2. The molecule has 6 rings (SSSR count). The van der Waals surface area contributed by atoms with Crippen LogP contribution in [0.25, 0.3) is 17.2 Å². The molecule has 2 bridgehead atoms. The van der Waals surface area contributed by atoms with Crippen molar-refractivity contribution in [1.82, 2.24) is 29.9 Å². The van der Waals surface area contributed by atoms with E-state index in [1.807, 2.05) is 6.07 Å². The van der Waals surface area contributed by atoms with E-state index in [4.69, 9.17) is 4.98 Å². The van der Waals surface area contributed by atoms with E-state index in [1.165, 1.54) is 22.9 Å². The third-order valence-electron chi connectivity index (χ3n) is 7.69. The summed E-state index contributed by atoms with van der Waals surface area (Å²) in [5.74, 6) is -0.769. The lowest BCUT2D eigenvalue weighted by atomic mass is 9.66. The maximum atomic E-state index is 14.5. The van der Waals surface area contributed by atoms with Gasteiger partial charge in [-0.05, 0) is 60.1 Å². The number of rotatable bonds is 4. The van der Waals surface area contributed by atoms with Gasteiger partial charge in [0.05, 0.1) is 40.4 Å². The van der Waals surface area contributed by atoms with Crippen LogP contribution in [0.4, 0.5) is 8.78 Å². The smallest absolute Gasteiger partial charge is 0.250 e. The predicted molar refractivity (Wildman–Crippen MR) is 119 cm³/mol. The van der Waals surface area contributed by atoms with Crippen molar-refractivity contribution < 1.29 is 13.9 Å². The minimum Gasteiger partial charge on any atom is -0.390 e. The first-order valence-corrected chi connectivity index (χ1v) is 11.2. The Balaban J connectivity index is 1.51. The molecule has 1 fully saturated rings. The van der Waals surface area contributed by atoms with Crippen molar-refractivity contribution in [3.63, 3.8) is 0 Å². The molecule has 0 spiro atoms. The lowest BCUT2D eigenvalue weighted by Gasteiger charge is -2.37. The quantitative estimate of drug-likeness (QED) is 0.493. The normalized spacial score (nSPS) is 22.2. The summed E-state index contributed by atoms with van der Waals surface area (Å²) in [6, 6.07) is 9.19. The minimum atomic E-state index is -0.659. The number of fused-ring (bicyclic) bond motifs is 5. The molecule has 1 aromatic carbocycles. The van der Waals surface area contributed by atoms with E-state index in [2.05, 4.69) is 34.1 Å². The summed E-state index contributed by atoms with van der Waals surface area (Å²) in [5, 5.41) is 22.5. The molecule has 0 amide bonds. The van der Waals surface area contributed by atoms with E-state index in [9.17, 15) is 13.9 Å². The molecule has 172 valence electrons. The molecule has 0 aliphatic heterocycles. The summed E-state index contributed by atoms with van der Waals surface area (Å²) in [6.07, 6.45) is 5.14. The Bertz CT molecular complexity index is 1410. The van der Waals surface area contributed by atoms with Crippen LogP contribution in [-0.2, 0) is 12.0 Å². The van der Waals surface area contributed by atoms with Crippen molar-refractivity contribution in [1.29, 1.82) is 0 Å². The van der Waals surface area contributed by atoms with E-state index >= 15 is 0 Å². The SMILES string of the molecule is CC1(C)[C@H]2CC[C@@]1(c1ccnc(-n3ccc(CO)n3)n1)c1nnc(-c3c(F)cccc3F)cc12. The highest BCUT2D eigenvalue weighted by atomic mass is 19.1. The van der Waals surface area contributed by atoms with E-state index in [0.717, 1.165) is 29.8 Å². The Labute approximate surface area is 194 Å². The molecule has 0 radical (unpaired) electrons. The highest BCUT2D eigenvalue weighted by Gasteiger charge is 2.65. The van der Waals surface area contributed by atoms with Crippen LogP contribution >= 0.6 is 0 Å². The zero-order chi connectivity index (χ0) is 23.7. The molecule has 4 aromatic rings. The lowest BCUT2D eigenvalue weighted by molar-refractivity contribution is 0.242. The van der Waals surface area contributed by atoms with Crippen molar-refractivity contribution in [2.75, 3.05) is 0 Å². The number of aliphatic hydroxyl groups excluding tert-OH is 1. The van der Waals surface area contributed by atoms with Gasteiger partial charge in [0, 0.05) is 12.4 Å². The third kappa shape index (κ3) is 2.67. The first-order valence-electron chi connectivity index (χ1n) is 11.2. The summed E-state index contributed by atoms with van der Waals surface area (Å²) < 4.78 is 30.4. The van der Waals surface area contributed by atoms with Gasteiger partial charge in [-0.3, -0.25) is 0 Å². The fraction of sp³-hybridized carbons (Fsp3) is 0.320. The van der Waals surface area contributed by atoms with Crippen LogP contribution in [0, 0.1) is 17.0 Å². The van der Waals surface area contributed by atoms with E-state index in [-0.39, 0.29) is 29.2 Å². The van der Waals surface area contributed by atoms with Gasteiger partial charge >= 0.3 is 0 Å². The molecule has 9 heteroatoms. The van der Waals surface area contributed by atoms with Crippen molar-refractivity contribution in [2.24, 2.45) is 5.41 Å². The molecule has 2 aliphatic carbocycles. The van der Waals surface area contributed by atoms with Gasteiger partial charge in [-0.2, -0.15) is 10.2 Å². The van der Waals surface area contributed by atoms with E-state index < -0.39 is 17.0 Å². The molecule has 1 N–H and O–H groups in total. The Hall–Kier alpha value is -3.59. The summed E-state index contributed by atoms with van der Waals surface area (Å²) in [5.41, 5.74) is 2.38. The number of aromatic nitrogens is 6. The molecule has 1 saturated carbocycles. The molecule has 2 atom stereocenters. The van der Waals surface area contributed by atoms with Crippen LogP contribution in [0.1, 0.15) is 55.3 Å². The molecular formula is C25H22F2N6O. The highest BCUT2D eigenvalue weighted by molar-refractivity contribution is 5.64. The Morgan fingerprint density at radius 2 is 1.91 bits per heavy atom. The van der Waals surface area contributed by atoms with Crippen LogP contribution in [0.2, 0.25) is 0 Å². The van der Waals surface area contributed by atoms with Crippen LogP contribution < -0.4 is 0 Å². The predicted octanol–water partition coefficient (Wildman–Crippen LogP) is 4.09. The van der Waals surface area contributed by atoms with E-state index in [0.29, 0.717) is 11.6 Å². The van der Waals surface area contributed by atoms with Gasteiger partial charge < -0.3 is 5.11 Å². The maximum Gasteiger partial charge on any atom is 0.250 e. The number of nitrogens with zero attached hydrogens (tertiary/aromatic N) is 6. The average Bonchev–Trinajstić information content (AvgIpc) is 3.47. The molecule has 0 unspecified atom stereocenters. The second kappa shape index (κ2) is 7.20. The monoisotopic (exact) mass is 460 g/mol. The number of benzene rings is 1. The fourth-order valence-electron chi connectivity index (χ4n) is 6.01. The summed E-state index contributed by atoms with van der Waals surface area (Å²) in [4.78, 5) is 9.24. The summed E-state index contributed by atoms with van der Waals surface area (Å²) in [6.45, 7) is 4.21.